The lowest BCUT2D eigenvalue weighted by Crippen LogP contribution is -2.22. The Bertz CT molecular complexity index is 415. The molecule has 0 unspecified atom stereocenters. The molecular formula is C13H17BrO3. The molecule has 0 amide bonds. The Morgan fingerprint density at radius 3 is 2.41 bits per heavy atom. The zero-order valence-corrected chi connectivity index (χ0v) is 11.7. The third-order valence-electron chi connectivity index (χ3n) is 2.96. The predicted molar refractivity (Wildman–Crippen MR) is 69.9 cm³/mol. The van der Waals surface area contributed by atoms with Gasteiger partial charge < -0.3 is 14.6 Å². The van der Waals surface area contributed by atoms with Crippen LogP contribution in [-0.2, 0) is 5.41 Å². The van der Waals surface area contributed by atoms with Crippen molar-refractivity contribution in [2.75, 3.05) is 19.8 Å². The van der Waals surface area contributed by atoms with Crippen molar-refractivity contribution in [3.63, 3.8) is 0 Å². The first-order chi connectivity index (χ1) is 8.04. The molecule has 1 heterocycles. The van der Waals surface area contributed by atoms with Gasteiger partial charge in [-0.1, -0.05) is 29.8 Å². The lowest BCUT2D eigenvalue weighted by Gasteiger charge is -2.25. The number of halogens is 1. The standard InChI is InChI=1S/C13H17BrO3/c1-13(2,8-15)9-6-11-12(7-10(9)14)17-5-3-4-16-11/h6-7,15H,3-5,8H2,1-2H3. The van der Waals surface area contributed by atoms with E-state index in [-0.39, 0.29) is 12.0 Å². The summed E-state index contributed by atoms with van der Waals surface area (Å²) in [6.07, 6.45) is 0.894. The molecule has 0 aromatic heterocycles. The fraction of sp³-hybridized carbons (Fsp3) is 0.538. The second kappa shape index (κ2) is 4.86. The molecule has 1 aliphatic heterocycles. The zero-order valence-electron chi connectivity index (χ0n) is 10.1. The summed E-state index contributed by atoms with van der Waals surface area (Å²) in [5.74, 6) is 1.54. The van der Waals surface area contributed by atoms with E-state index in [4.69, 9.17) is 9.47 Å². The lowest BCUT2D eigenvalue weighted by molar-refractivity contribution is 0.217. The first-order valence-electron chi connectivity index (χ1n) is 5.75. The largest absolute Gasteiger partial charge is 0.490 e. The molecule has 1 N–H and O–H groups in total. The maximum atomic E-state index is 9.44. The van der Waals surface area contributed by atoms with E-state index in [1.165, 1.54) is 0 Å². The van der Waals surface area contributed by atoms with Gasteiger partial charge in [-0.15, -0.1) is 0 Å². The molecule has 2 rings (SSSR count). The fourth-order valence-corrected chi connectivity index (χ4v) is 2.65. The van der Waals surface area contributed by atoms with Crippen molar-refractivity contribution in [3.05, 3.63) is 22.2 Å². The lowest BCUT2D eigenvalue weighted by atomic mass is 9.85. The maximum absolute atomic E-state index is 9.44. The average molecular weight is 301 g/mol. The SMILES string of the molecule is CC(C)(CO)c1cc2c(cc1Br)OCCCO2. The Morgan fingerprint density at radius 1 is 1.24 bits per heavy atom. The Balaban J connectivity index is 2.46. The van der Waals surface area contributed by atoms with Gasteiger partial charge in [0.1, 0.15) is 0 Å². The van der Waals surface area contributed by atoms with Crippen molar-refractivity contribution in [1.29, 1.82) is 0 Å². The molecule has 1 aromatic rings. The van der Waals surface area contributed by atoms with Crippen LogP contribution in [0.15, 0.2) is 16.6 Å². The molecule has 17 heavy (non-hydrogen) atoms. The summed E-state index contributed by atoms with van der Waals surface area (Å²) in [7, 11) is 0. The summed E-state index contributed by atoms with van der Waals surface area (Å²) in [5.41, 5.74) is 0.730. The number of hydrogen-bond donors (Lipinski definition) is 1. The quantitative estimate of drug-likeness (QED) is 0.913. The number of ether oxygens (including phenoxy) is 2. The molecule has 0 atom stereocenters. The molecule has 3 nitrogen and oxygen atoms in total. The Labute approximate surface area is 110 Å². The van der Waals surface area contributed by atoms with Crippen LogP contribution in [0.1, 0.15) is 25.8 Å². The highest BCUT2D eigenvalue weighted by Crippen LogP contribution is 2.39. The molecule has 0 saturated heterocycles. The van der Waals surface area contributed by atoms with Crippen LogP contribution >= 0.6 is 15.9 Å². The van der Waals surface area contributed by atoms with Crippen molar-refractivity contribution in [2.45, 2.75) is 25.7 Å². The summed E-state index contributed by atoms with van der Waals surface area (Å²) in [4.78, 5) is 0. The Kier molecular flexibility index (Phi) is 3.64. The van der Waals surface area contributed by atoms with Gasteiger partial charge in [0, 0.05) is 16.3 Å². The van der Waals surface area contributed by atoms with E-state index in [9.17, 15) is 5.11 Å². The van der Waals surface area contributed by atoms with Crippen LogP contribution in [-0.4, -0.2) is 24.9 Å². The van der Waals surface area contributed by atoms with Crippen molar-refractivity contribution in [2.24, 2.45) is 0 Å². The van der Waals surface area contributed by atoms with Crippen molar-refractivity contribution < 1.29 is 14.6 Å². The van der Waals surface area contributed by atoms with E-state index in [0.717, 1.165) is 28.0 Å². The molecule has 1 aromatic carbocycles. The molecule has 4 heteroatoms. The van der Waals surface area contributed by atoms with Crippen LogP contribution in [0.3, 0.4) is 0 Å². The minimum absolute atomic E-state index is 0.0885. The van der Waals surface area contributed by atoms with E-state index in [1.807, 2.05) is 26.0 Å². The number of aliphatic hydroxyl groups is 1. The van der Waals surface area contributed by atoms with Gasteiger partial charge in [-0.05, 0) is 17.7 Å². The topological polar surface area (TPSA) is 38.7 Å². The smallest absolute Gasteiger partial charge is 0.162 e. The first kappa shape index (κ1) is 12.7. The van der Waals surface area contributed by atoms with Crippen molar-refractivity contribution in [3.8, 4) is 11.5 Å². The van der Waals surface area contributed by atoms with E-state index in [2.05, 4.69) is 15.9 Å². The summed E-state index contributed by atoms with van der Waals surface area (Å²) in [6, 6.07) is 3.88. The number of hydrogen-bond acceptors (Lipinski definition) is 3. The number of rotatable bonds is 2. The second-order valence-corrected chi connectivity index (χ2v) is 5.73. The van der Waals surface area contributed by atoms with Gasteiger partial charge in [0.2, 0.25) is 0 Å². The minimum atomic E-state index is -0.302. The molecule has 0 aliphatic carbocycles. The van der Waals surface area contributed by atoms with Crippen LogP contribution < -0.4 is 9.47 Å². The monoisotopic (exact) mass is 300 g/mol. The van der Waals surface area contributed by atoms with E-state index >= 15 is 0 Å². The fourth-order valence-electron chi connectivity index (χ4n) is 1.79. The van der Waals surface area contributed by atoms with Gasteiger partial charge in [0.05, 0.1) is 19.8 Å². The first-order valence-corrected chi connectivity index (χ1v) is 6.54. The van der Waals surface area contributed by atoms with Crippen LogP contribution in [0.2, 0.25) is 0 Å². The van der Waals surface area contributed by atoms with Crippen LogP contribution in [0.4, 0.5) is 0 Å². The summed E-state index contributed by atoms with van der Waals surface area (Å²) in [6.45, 7) is 5.44. The molecule has 0 spiro atoms. The van der Waals surface area contributed by atoms with E-state index in [0.29, 0.717) is 13.2 Å². The third-order valence-corrected chi connectivity index (χ3v) is 3.62. The number of fused-ring (bicyclic) bond motifs is 1. The van der Waals surface area contributed by atoms with E-state index < -0.39 is 0 Å². The molecule has 0 saturated carbocycles. The van der Waals surface area contributed by atoms with Crippen LogP contribution in [0.25, 0.3) is 0 Å². The van der Waals surface area contributed by atoms with Crippen molar-refractivity contribution >= 4 is 15.9 Å². The molecule has 0 fully saturated rings. The highest BCUT2D eigenvalue weighted by molar-refractivity contribution is 9.10. The van der Waals surface area contributed by atoms with Gasteiger partial charge in [-0.25, -0.2) is 0 Å². The van der Waals surface area contributed by atoms with Crippen molar-refractivity contribution in [1.82, 2.24) is 0 Å². The summed E-state index contributed by atoms with van der Waals surface area (Å²) < 4.78 is 12.2. The minimum Gasteiger partial charge on any atom is -0.490 e. The predicted octanol–water partition coefficient (Wildman–Crippen LogP) is 2.88. The molecule has 1 aliphatic rings. The Morgan fingerprint density at radius 2 is 1.82 bits per heavy atom. The molecular weight excluding hydrogens is 284 g/mol. The molecule has 94 valence electrons. The van der Waals surface area contributed by atoms with Gasteiger partial charge in [-0.3, -0.25) is 0 Å². The molecule has 0 bridgehead atoms. The van der Waals surface area contributed by atoms with Crippen LogP contribution in [0.5, 0.6) is 11.5 Å². The third kappa shape index (κ3) is 2.58. The highest BCUT2D eigenvalue weighted by atomic mass is 79.9. The summed E-state index contributed by atoms with van der Waals surface area (Å²) >= 11 is 3.53. The maximum Gasteiger partial charge on any atom is 0.162 e. The van der Waals surface area contributed by atoms with Crippen LogP contribution in [0, 0.1) is 0 Å². The number of aliphatic hydroxyl groups excluding tert-OH is 1. The number of benzene rings is 1. The van der Waals surface area contributed by atoms with Gasteiger partial charge >= 0.3 is 0 Å². The second-order valence-electron chi connectivity index (χ2n) is 4.87. The van der Waals surface area contributed by atoms with Gasteiger partial charge in [0.15, 0.2) is 11.5 Å². The highest BCUT2D eigenvalue weighted by Gasteiger charge is 2.25. The average Bonchev–Trinajstić information content (AvgIpc) is 2.52. The molecule has 0 radical (unpaired) electrons. The summed E-state index contributed by atoms with van der Waals surface area (Å²) in [5, 5.41) is 9.44. The van der Waals surface area contributed by atoms with Gasteiger partial charge in [0.25, 0.3) is 0 Å². The normalized spacial score (nSPS) is 15.5. The van der Waals surface area contributed by atoms with Gasteiger partial charge in [-0.2, -0.15) is 0 Å². The zero-order chi connectivity index (χ0) is 12.5. The van der Waals surface area contributed by atoms with E-state index in [1.54, 1.807) is 0 Å². The Hall–Kier alpha value is -0.740.